The number of carbonyl (C=O) groups is 1. The Bertz CT molecular complexity index is 821. The van der Waals surface area contributed by atoms with E-state index in [9.17, 15) is 9.18 Å². The van der Waals surface area contributed by atoms with Crippen molar-refractivity contribution in [2.75, 3.05) is 33.2 Å². The molecular weight excluding hydrogens is 389 g/mol. The number of rotatable bonds is 5. The number of piperidine rings is 1. The number of nitrogens with one attached hydrogen (secondary N) is 1. The number of halogens is 1. The summed E-state index contributed by atoms with van der Waals surface area (Å²) in [5.74, 6) is -0.226. The van der Waals surface area contributed by atoms with Crippen molar-refractivity contribution >= 4 is 17.2 Å². The number of ether oxygens (including phenoxy) is 1. The Morgan fingerprint density at radius 1 is 1.31 bits per heavy atom. The van der Waals surface area contributed by atoms with Gasteiger partial charge in [-0.2, -0.15) is 0 Å². The molecule has 3 heterocycles. The van der Waals surface area contributed by atoms with Gasteiger partial charge in [-0.05, 0) is 49.0 Å². The fourth-order valence-corrected chi connectivity index (χ4v) is 4.99. The Hall–Kier alpha value is -1.80. The zero-order chi connectivity index (χ0) is 20.3. The van der Waals surface area contributed by atoms with Gasteiger partial charge in [0, 0.05) is 37.6 Å². The van der Waals surface area contributed by atoms with Crippen molar-refractivity contribution in [2.24, 2.45) is 0 Å². The topological polar surface area (TPSA) is 44.8 Å². The van der Waals surface area contributed by atoms with Gasteiger partial charge in [0.05, 0.1) is 12.1 Å². The van der Waals surface area contributed by atoms with E-state index in [4.69, 9.17) is 4.74 Å². The van der Waals surface area contributed by atoms with Crippen LogP contribution in [0, 0.1) is 5.82 Å². The van der Waals surface area contributed by atoms with Gasteiger partial charge in [-0.3, -0.25) is 9.69 Å². The molecule has 2 fully saturated rings. The summed E-state index contributed by atoms with van der Waals surface area (Å²) in [5, 5.41) is 5.03. The molecule has 0 bridgehead atoms. The first-order valence-corrected chi connectivity index (χ1v) is 11.0. The third kappa shape index (κ3) is 5.22. The molecule has 0 radical (unpaired) electrons. The van der Waals surface area contributed by atoms with E-state index in [1.54, 1.807) is 23.5 Å². The standard InChI is InChI=1S/C22H28FN3O2S/c1-25-15-20(21(27)24-13-19-6-3-11-29-19)28-22(16-25)7-9-26(10-8-22)14-17-4-2-5-18(23)12-17/h2-6,11-12,20H,7-10,13-16H2,1H3,(H,24,27). The van der Waals surface area contributed by atoms with E-state index in [-0.39, 0.29) is 17.3 Å². The average Bonchev–Trinajstić information content (AvgIpc) is 3.21. The summed E-state index contributed by atoms with van der Waals surface area (Å²) in [7, 11) is 2.06. The number of likely N-dealkylation sites (tertiary alicyclic amines) is 1. The third-order valence-corrected chi connectivity index (χ3v) is 6.68. The smallest absolute Gasteiger partial charge is 0.250 e. The number of likely N-dealkylation sites (N-methyl/N-ethyl adjacent to an activating group) is 1. The number of morpholine rings is 1. The minimum absolute atomic E-state index is 0.0356. The van der Waals surface area contributed by atoms with E-state index >= 15 is 0 Å². The Morgan fingerprint density at radius 3 is 2.86 bits per heavy atom. The number of hydrogen-bond acceptors (Lipinski definition) is 5. The number of amides is 1. The van der Waals surface area contributed by atoms with Crippen LogP contribution in [-0.4, -0.2) is 60.6 Å². The van der Waals surface area contributed by atoms with Crippen LogP contribution in [0.2, 0.25) is 0 Å². The molecule has 1 spiro atoms. The van der Waals surface area contributed by atoms with Crippen LogP contribution in [-0.2, 0) is 22.6 Å². The Balaban J connectivity index is 1.32. The van der Waals surface area contributed by atoms with Gasteiger partial charge in [0.25, 0.3) is 5.91 Å². The molecule has 7 heteroatoms. The zero-order valence-electron chi connectivity index (χ0n) is 16.8. The van der Waals surface area contributed by atoms with E-state index in [1.807, 2.05) is 23.6 Å². The lowest BCUT2D eigenvalue weighted by Crippen LogP contribution is -2.61. The van der Waals surface area contributed by atoms with Gasteiger partial charge in [-0.25, -0.2) is 4.39 Å². The van der Waals surface area contributed by atoms with Crippen LogP contribution < -0.4 is 5.32 Å². The average molecular weight is 418 g/mol. The minimum atomic E-state index is -0.441. The molecule has 5 nitrogen and oxygen atoms in total. The molecule has 2 aliphatic rings. The van der Waals surface area contributed by atoms with Gasteiger partial charge in [0.2, 0.25) is 0 Å². The predicted molar refractivity (Wildman–Crippen MR) is 112 cm³/mol. The molecule has 1 atom stereocenters. The van der Waals surface area contributed by atoms with Crippen molar-refractivity contribution in [3.63, 3.8) is 0 Å². The second-order valence-corrected chi connectivity index (χ2v) is 9.22. The highest BCUT2D eigenvalue weighted by Crippen LogP contribution is 2.32. The predicted octanol–water partition coefficient (Wildman–Crippen LogP) is 2.87. The highest BCUT2D eigenvalue weighted by atomic mass is 32.1. The molecule has 1 amide bonds. The lowest BCUT2D eigenvalue weighted by Gasteiger charge is -2.48. The number of nitrogens with zero attached hydrogens (tertiary/aromatic N) is 2. The van der Waals surface area contributed by atoms with E-state index in [0.29, 0.717) is 13.1 Å². The van der Waals surface area contributed by atoms with Crippen LogP contribution in [0.4, 0.5) is 4.39 Å². The normalized spacial score (nSPS) is 22.6. The molecule has 1 aromatic heterocycles. The molecule has 0 saturated carbocycles. The van der Waals surface area contributed by atoms with Crippen molar-refractivity contribution in [2.45, 2.75) is 37.6 Å². The van der Waals surface area contributed by atoms with Gasteiger partial charge in [-0.1, -0.05) is 18.2 Å². The van der Waals surface area contributed by atoms with Crippen molar-refractivity contribution in [3.8, 4) is 0 Å². The van der Waals surface area contributed by atoms with Gasteiger partial charge in [0.15, 0.2) is 0 Å². The summed E-state index contributed by atoms with van der Waals surface area (Å²) < 4.78 is 19.8. The molecule has 1 unspecified atom stereocenters. The maximum absolute atomic E-state index is 13.4. The lowest BCUT2D eigenvalue weighted by atomic mass is 9.88. The summed E-state index contributed by atoms with van der Waals surface area (Å²) >= 11 is 1.64. The molecular formula is C22H28FN3O2S. The van der Waals surface area contributed by atoms with E-state index in [1.165, 1.54) is 6.07 Å². The Kier molecular flexibility index (Phi) is 6.29. The summed E-state index contributed by atoms with van der Waals surface area (Å²) in [6.45, 7) is 4.52. The van der Waals surface area contributed by atoms with Crippen molar-refractivity contribution in [1.29, 1.82) is 0 Å². The molecule has 156 valence electrons. The number of hydrogen-bond donors (Lipinski definition) is 1. The third-order valence-electron chi connectivity index (χ3n) is 5.80. The minimum Gasteiger partial charge on any atom is -0.359 e. The Labute approximate surface area is 175 Å². The molecule has 2 aromatic rings. The Morgan fingerprint density at radius 2 is 2.14 bits per heavy atom. The van der Waals surface area contributed by atoms with Crippen molar-refractivity contribution in [1.82, 2.24) is 15.1 Å². The van der Waals surface area contributed by atoms with Crippen LogP contribution in [0.15, 0.2) is 41.8 Å². The molecule has 29 heavy (non-hydrogen) atoms. The summed E-state index contributed by atoms with van der Waals surface area (Å²) in [6, 6.07) is 10.8. The quantitative estimate of drug-likeness (QED) is 0.813. The van der Waals surface area contributed by atoms with Gasteiger partial charge >= 0.3 is 0 Å². The van der Waals surface area contributed by atoms with E-state index in [2.05, 4.69) is 22.2 Å². The van der Waals surface area contributed by atoms with Crippen molar-refractivity contribution in [3.05, 3.63) is 58.0 Å². The molecule has 1 N–H and O–H groups in total. The maximum Gasteiger partial charge on any atom is 0.250 e. The molecule has 2 aliphatic heterocycles. The monoisotopic (exact) mass is 417 g/mol. The van der Waals surface area contributed by atoms with Crippen LogP contribution in [0.1, 0.15) is 23.3 Å². The highest BCUT2D eigenvalue weighted by Gasteiger charge is 2.43. The summed E-state index contributed by atoms with van der Waals surface area (Å²) in [6.07, 6.45) is 1.31. The summed E-state index contributed by atoms with van der Waals surface area (Å²) in [4.78, 5) is 18.4. The maximum atomic E-state index is 13.4. The van der Waals surface area contributed by atoms with E-state index < -0.39 is 6.10 Å². The van der Waals surface area contributed by atoms with Gasteiger partial charge in [0.1, 0.15) is 11.9 Å². The fourth-order valence-electron chi connectivity index (χ4n) is 4.34. The number of benzene rings is 1. The molecule has 1 aromatic carbocycles. The first kappa shape index (κ1) is 20.5. The second kappa shape index (κ2) is 8.92. The van der Waals surface area contributed by atoms with E-state index in [0.717, 1.165) is 49.5 Å². The van der Waals surface area contributed by atoms with Gasteiger partial charge in [-0.15, -0.1) is 11.3 Å². The zero-order valence-corrected chi connectivity index (χ0v) is 17.6. The molecule has 4 rings (SSSR count). The van der Waals surface area contributed by atoms with Crippen molar-refractivity contribution < 1.29 is 13.9 Å². The number of thiophene rings is 1. The first-order valence-electron chi connectivity index (χ1n) is 10.1. The molecule has 2 saturated heterocycles. The van der Waals surface area contributed by atoms with Crippen LogP contribution in [0.3, 0.4) is 0 Å². The molecule has 0 aliphatic carbocycles. The van der Waals surface area contributed by atoms with Crippen LogP contribution in [0.25, 0.3) is 0 Å². The van der Waals surface area contributed by atoms with Gasteiger partial charge < -0.3 is 15.0 Å². The second-order valence-electron chi connectivity index (χ2n) is 8.19. The first-order chi connectivity index (χ1) is 14.0. The largest absolute Gasteiger partial charge is 0.359 e. The lowest BCUT2D eigenvalue weighted by molar-refractivity contribution is -0.182. The fraction of sp³-hybridized carbons (Fsp3) is 0.500. The van der Waals surface area contributed by atoms with Crippen LogP contribution in [0.5, 0.6) is 0 Å². The van der Waals surface area contributed by atoms with Crippen LogP contribution >= 0.6 is 11.3 Å². The highest BCUT2D eigenvalue weighted by molar-refractivity contribution is 7.09. The summed E-state index contributed by atoms with van der Waals surface area (Å²) in [5.41, 5.74) is 0.713. The SMILES string of the molecule is CN1CC(C(=O)NCc2cccs2)OC2(CCN(Cc3cccc(F)c3)CC2)C1. The number of carbonyl (C=O) groups excluding carboxylic acids is 1.